The average Bonchev–Trinajstić information content (AvgIpc) is 3.29. The van der Waals surface area contributed by atoms with E-state index in [0.717, 1.165) is 6.92 Å². The summed E-state index contributed by atoms with van der Waals surface area (Å²) in [4.78, 5) is 153. The normalized spacial score (nSPS) is 15.1. The van der Waals surface area contributed by atoms with Gasteiger partial charge in [0, 0.05) is 6.42 Å². The van der Waals surface area contributed by atoms with Gasteiger partial charge in [-0.1, -0.05) is 18.6 Å². The second kappa shape index (κ2) is 30.8. The van der Waals surface area contributed by atoms with Crippen molar-refractivity contribution in [3.05, 3.63) is 29.8 Å². The second-order valence-electron chi connectivity index (χ2n) is 15.7. The topological polar surface area (TPSA) is 541 Å². The van der Waals surface area contributed by atoms with Gasteiger partial charge in [-0.2, -0.15) is 0 Å². The van der Waals surface area contributed by atoms with Crippen molar-refractivity contribution in [3.63, 3.8) is 0 Å². The summed E-state index contributed by atoms with van der Waals surface area (Å²) in [5, 5.41) is 93.3. The van der Waals surface area contributed by atoms with Crippen LogP contribution in [0.5, 0.6) is 5.75 Å². The molecular formula is C40H61N11O20. The summed E-state index contributed by atoms with van der Waals surface area (Å²) in [7, 11) is 0. The molecule has 0 bridgehead atoms. The monoisotopic (exact) mass is 1020 g/mol. The van der Waals surface area contributed by atoms with E-state index >= 15 is 0 Å². The lowest BCUT2D eigenvalue weighted by molar-refractivity contribution is -0.144. The molecule has 0 aliphatic heterocycles. The number of carboxylic acid groups (broad SMARTS) is 3. The molecule has 1 aromatic carbocycles. The number of nitrogens with two attached hydrogens (primary N) is 3. The number of rotatable bonds is 33. The maximum absolute atomic E-state index is 13.9. The number of unbranched alkanes of at least 4 members (excludes halogenated alkanes) is 1. The minimum atomic E-state index is -2.25. The van der Waals surface area contributed by atoms with Gasteiger partial charge in [0.25, 0.3) is 0 Å². The first-order valence-corrected chi connectivity index (χ1v) is 21.4. The van der Waals surface area contributed by atoms with E-state index in [1.54, 1.807) is 5.32 Å². The van der Waals surface area contributed by atoms with Crippen LogP contribution in [0.3, 0.4) is 0 Å². The smallest absolute Gasteiger partial charge is 0.328 e. The fraction of sp³-hybridized carbons (Fsp3) is 0.550. The SMILES string of the molecule is C[C@@H](O)[C@H](NC(=O)[C@@H](N)CCCCN)C(=O)N[C@@H](Cc1ccc(O)cc1)C(=O)N[C@@H](CC(=O)O)C(=O)N[C@@H](CC(=O)O)C(=O)N[C@@H](CC(N)=O)C(=O)N[C@@H](CO)C(=O)N[C@@H](CO)C(=O)N[C@@H](CO)C(=O)O. The molecule has 31 nitrogen and oxygen atoms in total. The molecule has 10 atom stereocenters. The van der Waals surface area contributed by atoms with Crippen LogP contribution in [0.15, 0.2) is 24.3 Å². The Bertz CT molecular complexity index is 2060. The van der Waals surface area contributed by atoms with E-state index in [0.29, 0.717) is 19.4 Å². The third-order valence-electron chi connectivity index (χ3n) is 9.87. The van der Waals surface area contributed by atoms with Gasteiger partial charge in [0.05, 0.1) is 51.2 Å². The zero-order chi connectivity index (χ0) is 54.1. The van der Waals surface area contributed by atoms with E-state index in [1.807, 2.05) is 21.3 Å². The molecule has 0 heterocycles. The highest BCUT2D eigenvalue weighted by Crippen LogP contribution is 2.13. The minimum absolute atomic E-state index is 0.158. The summed E-state index contributed by atoms with van der Waals surface area (Å²) >= 11 is 0. The molecule has 0 saturated heterocycles. The molecule has 0 aliphatic rings. The maximum atomic E-state index is 13.9. The van der Waals surface area contributed by atoms with Gasteiger partial charge < -0.3 is 101 Å². The quantitative estimate of drug-likeness (QED) is 0.0291. The van der Waals surface area contributed by atoms with Crippen molar-refractivity contribution < 1.29 is 98.4 Å². The predicted octanol–water partition coefficient (Wildman–Crippen LogP) is -9.46. The number of aliphatic hydroxyl groups is 4. The molecule has 396 valence electrons. The maximum Gasteiger partial charge on any atom is 0.328 e. The van der Waals surface area contributed by atoms with Crippen molar-refractivity contribution in [1.29, 1.82) is 0 Å². The number of carbonyl (C=O) groups excluding carboxylic acids is 9. The molecule has 0 saturated carbocycles. The van der Waals surface area contributed by atoms with Gasteiger partial charge in [-0.3, -0.25) is 52.7 Å². The van der Waals surface area contributed by atoms with Crippen LogP contribution in [-0.2, 0) is 64.0 Å². The number of phenols is 1. The third-order valence-corrected chi connectivity index (χ3v) is 9.87. The van der Waals surface area contributed by atoms with Gasteiger partial charge in [-0.05, 0) is 44.0 Å². The minimum Gasteiger partial charge on any atom is -0.508 e. The highest BCUT2D eigenvalue weighted by atomic mass is 16.4. The van der Waals surface area contributed by atoms with Crippen LogP contribution in [0.1, 0.15) is 51.0 Å². The van der Waals surface area contributed by atoms with Crippen LogP contribution in [0.25, 0.3) is 0 Å². The number of aliphatic hydroxyl groups excluding tert-OH is 4. The molecular weight excluding hydrogens is 954 g/mol. The molecule has 31 heteroatoms. The van der Waals surface area contributed by atoms with E-state index in [1.165, 1.54) is 24.3 Å². The number of carboxylic acids is 3. The summed E-state index contributed by atoms with van der Waals surface area (Å²) in [6.07, 6.45) is -4.57. The lowest BCUT2D eigenvalue weighted by Crippen LogP contribution is -2.62. The first-order valence-electron chi connectivity index (χ1n) is 21.4. The highest BCUT2D eigenvalue weighted by Gasteiger charge is 2.37. The standard InChI is InChI=1S/C40H61N11O20/c1-17(55)31(51-32(62)20(42)4-2-3-9-41)39(69)47-21(10-18-5-7-19(56)8-6-18)33(63)45-24(13-30(60)61)36(66)46-23(12-29(58)59)35(65)44-22(11-28(43)57)34(64)48-25(14-52)37(67)49-26(15-53)38(68)50-27(16-54)40(70)71/h5-8,17,20-27,31,52-56H,2-4,9-16,41-42H2,1H3,(H2,43,57)(H,44,65)(H,45,63)(H,46,66)(H,47,69)(H,48,64)(H,49,67)(H,50,68)(H,51,62)(H,58,59)(H,60,61)(H,70,71)/t17-,20+,21+,22+,23+,24+,25+,26+,27+,31+/m1/s1. The first-order chi connectivity index (χ1) is 33.3. The number of aromatic hydroxyl groups is 1. The van der Waals surface area contributed by atoms with Gasteiger partial charge in [0.2, 0.25) is 53.2 Å². The molecule has 0 fully saturated rings. The molecule has 0 aromatic heterocycles. The summed E-state index contributed by atoms with van der Waals surface area (Å²) in [5.74, 6) is -17.4. The van der Waals surface area contributed by atoms with Gasteiger partial charge in [0.15, 0.2) is 0 Å². The number of aliphatic carboxylic acids is 3. The van der Waals surface area contributed by atoms with Gasteiger partial charge in [-0.25, -0.2) is 4.79 Å². The molecule has 71 heavy (non-hydrogen) atoms. The number of phenolic OH excluding ortho intramolecular Hbond substituents is 1. The number of hydrogen-bond acceptors (Lipinski definition) is 19. The van der Waals surface area contributed by atoms with Crippen LogP contribution in [0, 0.1) is 0 Å². The lowest BCUT2D eigenvalue weighted by Gasteiger charge is -2.27. The number of carbonyl (C=O) groups is 12. The number of amides is 9. The summed E-state index contributed by atoms with van der Waals surface area (Å²) in [6, 6.07) is -12.0. The summed E-state index contributed by atoms with van der Waals surface area (Å²) < 4.78 is 0. The Morgan fingerprint density at radius 3 is 1.28 bits per heavy atom. The fourth-order valence-electron chi connectivity index (χ4n) is 6.03. The van der Waals surface area contributed by atoms with Crippen molar-refractivity contribution >= 4 is 71.1 Å². The Balaban J connectivity index is 3.44. The second-order valence-corrected chi connectivity index (χ2v) is 15.7. The van der Waals surface area contributed by atoms with Crippen molar-refractivity contribution in [2.45, 2.75) is 112 Å². The highest BCUT2D eigenvalue weighted by molar-refractivity contribution is 6.00. The van der Waals surface area contributed by atoms with Gasteiger partial charge in [0.1, 0.15) is 54.1 Å². The van der Waals surface area contributed by atoms with Crippen molar-refractivity contribution in [2.75, 3.05) is 26.4 Å². The number of nitrogens with one attached hydrogen (secondary N) is 8. The van der Waals surface area contributed by atoms with Crippen LogP contribution in [-0.4, -0.2) is 199 Å². The molecule has 0 spiro atoms. The number of hydrogen-bond donors (Lipinski definition) is 19. The number of primary amides is 1. The van der Waals surface area contributed by atoms with Crippen molar-refractivity contribution in [3.8, 4) is 5.75 Å². The zero-order valence-electron chi connectivity index (χ0n) is 38.1. The molecule has 1 aromatic rings. The van der Waals surface area contributed by atoms with Crippen LogP contribution in [0.4, 0.5) is 0 Å². The van der Waals surface area contributed by atoms with Crippen LogP contribution in [0.2, 0.25) is 0 Å². The first kappa shape index (κ1) is 61.4. The Labute approximate surface area is 403 Å². The zero-order valence-corrected chi connectivity index (χ0v) is 38.1. The van der Waals surface area contributed by atoms with E-state index in [4.69, 9.17) is 27.4 Å². The molecule has 0 unspecified atom stereocenters. The molecule has 0 radical (unpaired) electrons. The Hall–Kier alpha value is -7.58. The molecule has 1 rings (SSSR count). The third kappa shape index (κ3) is 22.2. The Morgan fingerprint density at radius 1 is 0.521 bits per heavy atom. The predicted molar refractivity (Wildman–Crippen MR) is 237 cm³/mol. The fourth-order valence-corrected chi connectivity index (χ4v) is 6.03. The largest absolute Gasteiger partial charge is 0.508 e. The van der Waals surface area contributed by atoms with Crippen LogP contribution >= 0.6 is 0 Å². The van der Waals surface area contributed by atoms with Crippen LogP contribution < -0.4 is 59.7 Å². The molecule has 0 aliphatic carbocycles. The van der Waals surface area contributed by atoms with E-state index in [9.17, 15) is 88.2 Å². The average molecular weight is 1020 g/mol. The molecule has 9 amide bonds. The lowest BCUT2D eigenvalue weighted by atomic mass is 10.0. The van der Waals surface area contributed by atoms with Crippen molar-refractivity contribution in [1.82, 2.24) is 42.5 Å². The summed E-state index contributed by atoms with van der Waals surface area (Å²) in [5.41, 5.74) is 16.9. The molecule has 22 N–H and O–H groups in total. The number of benzene rings is 1. The summed E-state index contributed by atoms with van der Waals surface area (Å²) in [6.45, 7) is -2.09. The van der Waals surface area contributed by atoms with E-state index in [-0.39, 0.29) is 17.7 Å². The van der Waals surface area contributed by atoms with Crippen molar-refractivity contribution in [2.24, 2.45) is 17.2 Å². The van der Waals surface area contributed by atoms with E-state index < -0.39 is 177 Å². The van der Waals surface area contributed by atoms with Gasteiger partial charge >= 0.3 is 17.9 Å². The van der Waals surface area contributed by atoms with Gasteiger partial charge in [-0.15, -0.1) is 0 Å². The Morgan fingerprint density at radius 2 is 0.901 bits per heavy atom. The van der Waals surface area contributed by atoms with E-state index in [2.05, 4.69) is 16.0 Å². The Kier molecular flexibility index (Phi) is 26.7.